The van der Waals surface area contributed by atoms with Crippen molar-refractivity contribution in [3.8, 4) is 11.1 Å². The second-order valence-electron chi connectivity index (χ2n) is 8.37. The first-order chi connectivity index (χ1) is 14.9. The van der Waals surface area contributed by atoms with Gasteiger partial charge in [0, 0.05) is 24.0 Å². The number of aryl methyl sites for hydroxylation is 1. The standard InChI is InChI=1S/C27H32N2O2.2ClH/c1-18(2)15-25-23(17-28)27(21-12-9-19(3)10-13-21)22-16-20(11-14-24(22)29-25)7-5-6-8-26(30)31-4;;/h5,7,9-14,16,18H,6,8,15,17,28H2,1-4H3;2*1H/b7-5+;;. The maximum atomic E-state index is 11.3. The molecule has 2 aromatic carbocycles. The minimum atomic E-state index is -0.195. The van der Waals surface area contributed by atoms with Crippen molar-refractivity contribution in [3.63, 3.8) is 0 Å². The molecule has 2 N–H and O–H groups in total. The number of hydrogen-bond acceptors (Lipinski definition) is 4. The number of aromatic nitrogens is 1. The number of allylic oxidation sites excluding steroid dienone is 1. The summed E-state index contributed by atoms with van der Waals surface area (Å²) in [5, 5.41) is 1.10. The number of benzene rings is 2. The Labute approximate surface area is 209 Å². The highest BCUT2D eigenvalue weighted by molar-refractivity contribution is 5.97. The molecule has 0 saturated heterocycles. The molecule has 0 aliphatic carbocycles. The van der Waals surface area contributed by atoms with E-state index >= 15 is 0 Å². The van der Waals surface area contributed by atoms with Crippen molar-refractivity contribution in [1.29, 1.82) is 0 Å². The van der Waals surface area contributed by atoms with Gasteiger partial charge in [-0.25, -0.2) is 0 Å². The Kier molecular flexibility index (Phi) is 11.6. The number of carbonyl (C=O) groups is 1. The first-order valence-corrected chi connectivity index (χ1v) is 10.9. The number of fused-ring (bicyclic) bond motifs is 1. The predicted molar refractivity (Wildman–Crippen MR) is 143 cm³/mol. The van der Waals surface area contributed by atoms with Crippen LogP contribution in [0.25, 0.3) is 28.1 Å². The molecule has 6 heteroatoms. The van der Waals surface area contributed by atoms with Gasteiger partial charge in [-0.1, -0.05) is 61.9 Å². The lowest BCUT2D eigenvalue weighted by Gasteiger charge is -2.18. The zero-order valence-corrected chi connectivity index (χ0v) is 21.4. The van der Waals surface area contributed by atoms with Gasteiger partial charge in [0.25, 0.3) is 0 Å². The summed E-state index contributed by atoms with van der Waals surface area (Å²) >= 11 is 0. The topological polar surface area (TPSA) is 65.2 Å². The first kappa shape index (κ1) is 28.6. The zero-order valence-electron chi connectivity index (χ0n) is 19.8. The highest BCUT2D eigenvalue weighted by Crippen LogP contribution is 2.35. The minimum absolute atomic E-state index is 0. The SMILES string of the molecule is COC(=O)CC/C=C/c1ccc2nc(CC(C)C)c(CN)c(-c3ccc(C)cc3)c2c1.Cl.Cl. The minimum Gasteiger partial charge on any atom is -0.469 e. The van der Waals surface area contributed by atoms with Gasteiger partial charge in [-0.15, -0.1) is 24.8 Å². The predicted octanol–water partition coefficient (Wildman–Crippen LogP) is 6.68. The van der Waals surface area contributed by atoms with Crippen molar-refractivity contribution < 1.29 is 9.53 Å². The molecule has 1 heterocycles. The maximum Gasteiger partial charge on any atom is 0.305 e. The molecular formula is C27H34Cl2N2O2. The van der Waals surface area contributed by atoms with Gasteiger partial charge in [0.05, 0.1) is 12.6 Å². The number of ether oxygens (including phenoxy) is 1. The van der Waals surface area contributed by atoms with Crippen LogP contribution in [-0.4, -0.2) is 18.1 Å². The Bertz CT molecular complexity index is 1090. The van der Waals surface area contributed by atoms with Crippen LogP contribution in [0.1, 0.15) is 49.1 Å². The van der Waals surface area contributed by atoms with Crippen molar-refractivity contribution >= 4 is 47.8 Å². The molecule has 4 nitrogen and oxygen atoms in total. The lowest BCUT2D eigenvalue weighted by atomic mass is 9.90. The van der Waals surface area contributed by atoms with Gasteiger partial charge >= 0.3 is 5.97 Å². The van der Waals surface area contributed by atoms with E-state index in [1.165, 1.54) is 18.2 Å². The van der Waals surface area contributed by atoms with E-state index in [-0.39, 0.29) is 30.8 Å². The molecule has 0 aliphatic heterocycles. The monoisotopic (exact) mass is 488 g/mol. The number of rotatable bonds is 8. The van der Waals surface area contributed by atoms with E-state index in [1.807, 2.05) is 12.2 Å². The normalized spacial score (nSPS) is 10.8. The molecule has 1 aromatic heterocycles. The van der Waals surface area contributed by atoms with Crippen LogP contribution in [0.5, 0.6) is 0 Å². The zero-order chi connectivity index (χ0) is 22.4. The van der Waals surface area contributed by atoms with E-state index < -0.39 is 0 Å². The Balaban J connectivity index is 0.00000272. The third-order valence-corrected chi connectivity index (χ3v) is 5.39. The molecule has 0 amide bonds. The molecule has 0 bridgehead atoms. The van der Waals surface area contributed by atoms with Crippen LogP contribution in [-0.2, 0) is 22.5 Å². The largest absolute Gasteiger partial charge is 0.469 e. The molecule has 3 rings (SSSR count). The van der Waals surface area contributed by atoms with Crippen molar-refractivity contribution in [2.45, 2.75) is 46.6 Å². The second kappa shape index (κ2) is 13.3. The van der Waals surface area contributed by atoms with Crippen molar-refractivity contribution in [1.82, 2.24) is 4.98 Å². The average molecular weight is 489 g/mol. The van der Waals surface area contributed by atoms with Crippen molar-refractivity contribution in [2.75, 3.05) is 7.11 Å². The molecule has 0 fully saturated rings. The van der Waals surface area contributed by atoms with Crippen LogP contribution >= 0.6 is 24.8 Å². The third kappa shape index (κ3) is 7.29. The summed E-state index contributed by atoms with van der Waals surface area (Å²) in [5.74, 6) is 0.303. The van der Waals surface area contributed by atoms with Gasteiger partial charge in [-0.05, 0) is 60.1 Å². The fraction of sp³-hybridized carbons (Fsp3) is 0.333. The maximum absolute atomic E-state index is 11.3. The lowest BCUT2D eigenvalue weighted by molar-refractivity contribution is -0.140. The Hall–Kier alpha value is -2.40. The van der Waals surface area contributed by atoms with Crippen LogP contribution in [0.4, 0.5) is 0 Å². The van der Waals surface area contributed by atoms with Crippen LogP contribution in [0.3, 0.4) is 0 Å². The number of methoxy groups -OCH3 is 1. The number of halogens is 2. The van der Waals surface area contributed by atoms with Gasteiger partial charge in [-0.3, -0.25) is 9.78 Å². The number of pyridine rings is 1. The summed E-state index contributed by atoms with van der Waals surface area (Å²) in [7, 11) is 1.41. The molecule has 0 unspecified atom stereocenters. The Morgan fingerprint density at radius 3 is 2.42 bits per heavy atom. The average Bonchev–Trinajstić information content (AvgIpc) is 2.76. The number of nitrogens with two attached hydrogens (primary N) is 1. The quantitative estimate of drug-likeness (QED) is 0.359. The molecule has 0 aliphatic rings. The number of nitrogens with zero attached hydrogens (tertiary/aromatic N) is 1. The Morgan fingerprint density at radius 2 is 1.82 bits per heavy atom. The second-order valence-corrected chi connectivity index (χ2v) is 8.37. The molecule has 0 radical (unpaired) electrons. The van der Waals surface area contributed by atoms with Gasteiger partial charge in [0.1, 0.15) is 0 Å². The summed E-state index contributed by atoms with van der Waals surface area (Å²) in [6.07, 6.45) is 5.98. The van der Waals surface area contributed by atoms with Crippen LogP contribution < -0.4 is 5.73 Å². The molecular weight excluding hydrogens is 455 g/mol. The molecule has 0 atom stereocenters. The van der Waals surface area contributed by atoms with Gasteiger partial charge in [-0.2, -0.15) is 0 Å². The number of hydrogen-bond donors (Lipinski definition) is 1. The van der Waals surface area contributed by atoms with E-state index in [0.29, 0.717) is 25.3 Å². The van der Waals surface area contributed by atoms with Crippen molar-refractivity contribution in [3.05, 3.63) is 70.9 Å². The van der Waals surface area contributed by atoms with E-state index in [0.717, 1.165) is 39.7 Å². The fourth-order valence-electron chi connectivity index (χ4n) is 3.82. The number of carbonyl (C=O) groups excluding carboxylic acids is 1. The molecule has 3 aromatic rings. The molecule has 178 valence electrons. The highest BCUT2D eigenvalue weighted by Gasteiger charge is 2.17. The van der Waals surface area contributed by atoms with Crippen molar-refractivity contribution in [2.24, 2.45) is 11.7 Å². The number of esters is 1. The lowest BCUT2D eigenvalue weighted by Crippen LogP contribution is -2.10. The summed E-state index contributed by atoms with van der Waals surface area (Å²) < 4.78 is 4.70. The van der Waals surface area contributed by atoms with Gasteiger partial charge in [0.2, 0.25) is 0 Å². The van der Waals surface area contributed by atoms with Gasteiger partial charge < -0.3 is 10.5 Å². The third-order valence-electron chi connectivity index (χ3n) is 5.39. The molecule has 0 saturated carbocycles. The van der Waals surface area contributed by atoms with E-state index in [2.05, 4.69) is 63.2 Å². The van der Waals surface area contributed by atoms with E-state index in [1.54, 1.807) is 0 Å². The summed E-state index contributed by atoms with van der Waals surface area (Å²) in [4.78, 5) is 16.3. The summed E-state index contributed by atoms with van der Waals surface area (Å²) in [6, 6.07) is 14.9. The Morgan fingerprint density at radius 1 is 1.12 bits per heavy atom. The summed E-state index contributed by atoms with van der Waals surface area (Å²) in [5.41, 5.74) is 14.1. The molecule has 0 spiro atoms. The van der Waals surface area contributed by atoms with Gasteiger partial charge in [0.15, 0.2) is 0 Å². The summed E-state index contributed by atoms with van der Waals surface area (Å²) in [6.45, 7) is 6.97. The first-order valence-electron chi connectivity index (χ1n) is 10.9. The van der Waals surface area contributed by atoms with Crippen LogP contribution in [0, 0.1) is 12.8 Å². The fourth-order valence-corrected chi connectivity index (χ4v) is 3.82. The van der Waals surface area contributed by atoms with E-state index in [9.17, 15) is 4.79 Å². The van der Waals surface area contributed by atoms with Crippen LogP contribution in [0.2, 0.25) is 0 Å². The van der Waals surface area contributed by atoms with Crippen LogP contribution in [0.15, 0.2) is 48.5 Å². The van der Waals surface area contributed by atoms with E-state index in [4.69, 9.17) is 15.5 Å². The highest BCUT2D eigenvalue weighted by atomic mass is 35.5. The smallest absolute Gasteiger partial charge is 0.305 e. The molecule has 33 heavy (non-hydrogen) atoms.